The Balaban J connectivity index is 2.17. The monoisotopic (exact) mass is 142 g/mol. The summed E-state index contributed by atoms with van der Waals surface area (Å²) in [5, 5.41) is 12.8. The smallest absolute Gasteiger partial charge is 0.263 e. The molecule has 0 aromatic rings. The number of rotatable bonds is 0. The molecule has 0 bridgehead atoms. The lowest BCUT2D eigenvalue weighted by atomic mass is 10.1. The van der Waals surface area contributed by atoms with Crippen molar-refractivity contribution in [2.75, 3.05) is 13.1 Å². The van der Waals surface area contributed by atoms with Gasteiger partial charge in [0.05, 0.1) is 12.6 Å². The molecule has 2 atom stereocenters. The fraction of sp³-hybridized carbons (Fsp3) is 0.833. The van der Waals surface area contributed by atoms with Crippen molar-refractivity contribution in [1.82, 2.24) is 10.4 Å². The van der Waals surface area contributed by atoms with E-state index in [2.05, 4.69) is 5.32 Å². The van der Waals surface area contributed by atoms with Crippen molar-refractivity contribution in [1.29, 1.82) is 0 Å². The standard InChI is InChI=1S/C6H10N2O2/c9-6-5-4(1-2-7-5)3-8(6)10/h4-5,7,10H,1-3H2/t4-,5-/m0/s1. The van der Waals surface area contributed by atoms with Gasteiger partial charge in [-0.05, 0) is 13.0 Å². The topological polar surface area (TPSA) is 52.6 Å². The van der Waals surface area contributed by atoms with Crippen LogP contribution in [0.1, 0.15) is 6.42 Å². The third-order valence-electron chi connectivity index (χ3n) is 2.28. The van der Waals surface area contributed by atoms with Crippen molar-refractivity contribution in [2.45, 2.75) is 12.5 Å². The molecule has 0 aromatic carbocycles. The number of hydrogen-bond acceptors (Lipinski definition) is 3. The molecule has 2 fully saturated rings. The molecule has 2 saturated heterocycles. The highest BCUT2D eigenvalue weighted by molar-refractivity contribution is 5.83. The lowest BCUT2D eigenvalue weighted by Gasteiger charge is -2.06. The summed E-state index contributed by atoms with van der Waals surface area (Å²) in [4.78, 5) is 11.0. The minimum atomic E-state index is -0.164. The van der Waals surface area contributed by atoms with Gasteiger partial charge in [0, 0.05) is 5.92 Å². The summed E-state index contributed by atoms with van der Waals surface area (Å²) in [5.74, 6) is 0.181. The van der Waals surface area contributed by atoms with Crippen molar-refractivity contribution in [3.8, 4) is 0 Å². The molecule has 0 unspecified atom stereocenters. The third kappa shape index (κ3) is 0.660. The van der Waals surface area contributed by atoms with Gasteiger partial charge in [-0.15, -0.1) is 0 Å². The van der Waals surface area contributed by atoms with Gasteiger partial charge in [-0.3, -0.25) is 10.0 Å². The molecule has 2 rings (SSSR count). The van der Waals surface area contributed by atoms with Gasteiger partial charge in [-0.2, -0.15) is 0 Å². The number of carbonyl (C=O) groups excluding carboxylic acids is 1. The summed E-state index contributed by atoms with van der Waals surface area (Å²) < 4.78 is 0. The maximum atomic E-state index is 11.0. The number of fused-ring (bicyclic) bond motifs is 1. The first-order valence-corrected chi connectivity index (χ1v) is 3.52. The van der Waals surface area contributed by atoms with Gasteiger partial charge >= 0.3 is 0 Å². The molecule has 0 radical (unpaired) electrons. The van der Waals surface area contributed by atoms with E-state index in [9.17, 15) is 4.79 Å². The lowest BCUT2D eigenvalue weighted by Crippen LogP contribution is -2.35. The second-order valence-corrected chi connectivity index (χ2v) is 2.90. The summed E-state index contributed by atoms with van der Waals surface area (Å²) in [7, 11) is 0. The van der Waals surface area contributed by atoms with Gasteiger partial charge in [0.1, 0.15) is 0 Å². The van der Waals surface area contributed by atoms with Crippen LogP contribution < -0.4 is 5.32 Å². The highest BCUT2D eigenvalue weighted by Gasteiger charge is 2.42. The van der Waals surface area contributed by atoms with E-state index >= 15 is 0 Å². The number of hydrogen-bond donors (Lipinski definition) is 2. The molecule has 56 valence electrons. The van der Waals surface area contributed by atoms with E-state index in [1.54, 1.807) is 0 Å². The third-order valence-corrected chi connectivity index (χ3v) is 2.28. The molecule has 0 aromatic heterocycles. The second-order valence-electron chi connectivity index (χ2n) is 2.90. The minimum absolute atomic E-state index is 0.0926. The summed E-state index contributed by atoms with van der Waals surface area (Å²) in [5.41, 5.74) is 0. The molecule has 0 spiro atoms. The first-order chi connectivity index (χ1) is 4.79. The molecule has 2 heterocycles. The van der Waals surface area contributed by atoms with E-state index < -0.39 is 0 Å². The fourth-order valence-electron chi connectivity index (χ4n) is 1.72. The van der Waals surface area contributed by atoms with E-state index in [4.69, 9.17) is 5.21 Å². The van der Waals surface area contributed by atoms with Crippen LogP contribution in [0.4, 0.5) is 0 Å². The molecular weight excluding hydrogens is 132 g/mol. The van der Waals surface area contributed by atoms with Gasteiger partial charge in [0.2, 0.25) is 0 Å². The zero-order valence-corrected chi connectivity index (χ0v) is 5.58. The number of nitrogens with zero attached hydrogens (tertiary/aromatic N) is 1. The summed E-state index contributed by atoms with van der Waals surface area (Å²) >= 11 is 0. The van der Waals surface area contributed by atoms with E-state index in [1.807, 2.05) is 0 Å². The van der Waals surface area contributed by atoms with Crippen molar-refractivity contribution in [2.24, 2.45) is 5.92 Å². The van der Waals surface area contributed by atoms with Crippen molar-refractivity contribution < 1.29 is 10.0 Å². The Hall–Kier alpha value is -0.610. The van der Waals surface area contributed by atoms with Crippen LogP contribution in [0.3, 0.4) is 0 Å². The summed E-state index contributed by atoms with van der Waals surface area (Å²) in [6.07, 6.45) is 1.01. The van der Waals surface area contributed by atoms with Crippen LogP contribution in [0.5, 0.6) is 0 Å². The fourth-order valence-corrected chi connectivity index (χ4v) is 1.72. The van der Waals surface area contributed by atoms with Crippen molar-refractivity contribution in [3.05, 3.63) is 0 Å². The Bertz CT molecular complexity index is 171. The Morgan fingerprint density at radius 2 is 2.50 bits per heavy atom. The van der Waals surface area contributed by atoms with Gasteiger partial charge < -0.3 is 5.32 Å². The van der Waals surface area contributed by atoms with E-state index in [1.165, 1.54) is 0 Å². The lowest BCUT2D eigenvalue weighted by molar-refractivity contribution is -0.158. The van der Waals surface area contributed by atoms with E-state index in [0.717, 1.165) is 18.0 Å². The zero-order chi connectivity index (χ0) is 7.14. The van der Waals surface area contributed by atoms with E-state index in [-0.39, 0.29) is 11.9 Å². The van der Waals surface area contributed by atoms with E-state index in [0.29, 0.717) is 12.5 Å². The molecule has 2 aliphatic heterocycles. The van der Waals surface area contributed by atoms with Gasteiger partial charge in [-0.1, -0.05) is 0 Å². The predicted octanol–water partition coefficient (Wildman–Crippen LogP) is -0.804. The van der Waals surface area contributed by atoms with Gasteiger partial charge in [0.15, 0.2) is 0 Å². The predicted molar refractivity (Wildman–Crippen MR) is 33.4 cm³/mol. The molecule has 2 N–H and O–H groups in total. The Labute approximate surface area is 58.8 Å². The molecule has 10 heavy (non-hydrogen) atoms. The van der Waals surface area contributed by atoms with Crippen LogP contribution in [0.15, 0.2) is 0 Å². The minimum Gasteiger partial charge on any atom is -0.305 e. The molecular formula is C6H10N2O2. The molecule has 1 amide bonds. The first-order valence-electron chi connectivity index (χ1n) is 3.52. The number of carbonyl (C=O) groups is 1. The molecule has 0 aliphatic carbocycles. The van der Waals surface area contributed by atoms with Gasteiger partial charge in [0.25, 0.3) is 5.91 Å². The highest BCUT2D eigenvalue weighted by atomic mass is 16.5. The van der Waals surface area contributed by atoms with Crippen molar-refractivity contribution in [3.63, 3.8) is 0 Å². The number of nitrogens with one attached hydrogen (secondary N) is 1. The molecule has 2 aliphatic rings. The van der Waals surface area contributed by atoms with Gasteiger partial charge in [-0.25, -0.2) is 5.06 Å². The van der Waals surface area contributed by atoms with Crippen LogP contribution in [-0.2, 0) is 4.79 Å². The highest BCUT2D eigenvalue weighted by Crippen LogP contribution is 2.23. The maximum absolute atomic E-state index is 11.0. The average molecular weight is 142 g/mol. The maximum Gasteiger partial charge on any atom is 0.263 e. The van der Waals surface area contributed by atoms with Crippen molar-refractivity contribution >= 4 is 5.91 Å². The number of hydroxylamine groups is 2. The first kappa shape index (κ1) is 6.12. The Kier molecular flexibility index (Phi) is 1.18. The molecule has 4 heteroatoms. The van der Waals surface area contributed by atoms with Crippen LogP contribution in [0, 0.1) is 5.92 Å². The number of amides is 1. The summed E-state index contributed by atoms with van der Waals surface area (Å²) in [6.45, 7) is 1.42. The normalized spacial score (nSPS) is 38.9. The van der Waals surface area contributed by atoms with Crippen LogP contribution >= 0.6 is 0 Å². The molecule has 0 saturated carbocycles. The van der Waals surface area contributed by atoms with Crippen LogP contribution in [0.25, 0.3) is 0 Å². The Morgan fingerprint density at radius 1 is 1.70 bits per heavy atom. The molecule has 4 nitrogen and oxygen atoms in total. The Morgan fingerprint density at radius 3 is 3.20 bits per heavy atom. The largest absolute Gasteiger partial charge is 0.305 e. The zero-order valence-electron chi connectivity index (χ0n) is 5.58. The second kappa shape index (κ2) is 1.93. The van der Waals surface area contributed by atoms with Crippen LogP contribution in [0.2, 0.25) is 0 Å². The average Bonchev–Trinajstić information content (AvgIpc) is 2.41. The summed E-state index contributed by atoms with van der Waals surface area (Å²) in [6, 6.07) is -0.0926. The quantitative estimate of drug-likeness (QED) is 0.435. The SMILES string of the molecule is O=C1[C@H]2NCC[C@H]2CN1O. The van der Waals surface area contributed by atoms with Crippen LogP contribution in [-0.4, -0.2) is 35.3 Å².